The molecule has 2 aromatic carbocycles. The number of hydrogen-bond acceptors (Lipinski definition) is 1. The Morgan fingerprint density at radius 3 is 2.67 bits per heavy atom. The lowest BCUT2D eigenvalue weighted by molar-refractivity contribution is 0.991. The van der Waals surface area contributed by atoms with E-state index >= 15 is 0 Å². The van der Waals surface area contributed by atoms with Gasteiger partial charge in [-0.2, -0.15) is 10.5 Å². The van der Waals surface area contributed by atoms with Crippen LogP contribution in [0.2, 0.25) is 0 Å². The number of nitrogens with one attached hydrogen (secondary N) is 1. The largest absolute Gasteiger partial charge is 0.361 e. The van der Waals surface area contributed by atoms with Gasteiger partial charge in [0.15, 0.2) is 0 Å². The van der Waals surface area contributed by atoms with E-state index < -0.39 is 0 Å². The quantitative estimate of drug-likeness (QED) is 0.619. The zero-order chi connectivity index (χ0) is 12.2. The minimum atomic E-state index is 0.970. The average Bonchev–Trinajstić information content (AvgIpc) is 3.08. The minimum absolute atomic E-state index is 0.970. The molecule has 1 aromatic heterocycles. The third-order valence-corrected chi connectivity index (χ3v) is 2.68. The number of aromatic nitrogens is 1. The number of H-pyrrole nitrogens is 1. The summed E-state index contributed by atoms with van der Waals surface area (Å²) in [7, 11) is 0. The van der Waals surface area contributed by atoms with Crippen molar-refractivity contribution < 1.29 is 0 Å². The molecule has 86 valence electrons. The summed E-state index contributed by atoms with van der Waals surface area (Å²) in [6.45, 7) is 0. The Labute approximate surface area is 105 Å². The number of aromatic amines is 1. The molecule has 0 spiro atoms. The van der Waals surface area contributed by atoms with Gasteiger partial charge in [-0.1, -0.05) is 36.4 Å². The lowest BCUT2D eigenvalue weighted by atomic mass is 10.2. The van der Waals surface area contributed by atoms with Gasteiger partial charge < -0.3 is 4.98 Å². The van der Waals surface area contributed by atoms with Crippen LogP contribution < -0.4 is 5.43 Å². The van der Waals surface area contributed by atoms with Crippen LogP contribution in [-0.2, 0) is 0 Å². The molecule has 0 bridgehead atoms. The normalized spacial score (nSPS) is 11.6. The molecule has 4 rings (SSSR count). The van der Waals surface area contributed by atoms with Crippen molar-refractivity contribution in [1.29, 1.82) is 0 Å². The highest BCUT2D eigenvalue weighted by Gasteiger charge is 2.03. The zero-order valence-corrected chi connectivity index (χ0v) is 9.67. The van der Waals surface area contributed by atoms with Crippen LogP contribution in [0.3, 0.4) is 0 Å². The average molecular weight is 233 g/mol. The van der Waals surface area contributed by atoms with Crippen LogP contribution >= 0.6 is 0 Å². The summed E-state index contributed by atoms with van der Waals surface area (Å²) in [4.78, 5) is 3.06. The molecule has 0 amide bonds. The van der Waals surface area contributed by atoms with Crippen LogP contribution in [0.4, 0.5) is 5.69 Å². The van der Waals surface area contributed by atoms with Crippen LogP contribution in [-0.4, -0.2) is 11.2 Å². The van der Waals surface area contributed by atoms with E-state index in [2.05, 4.69) is 21.6 Å². The molecule has 0 saturated heterocycles. The maximum absolute atomic E-state index is 3.87. The fourth-order valence-electron chi connectivity index (χ4n) is 1.77. The predicted molar refractivity (Wildman–Crippen MR) is 73.0 cm³/mol. The summed E-state index contributed by atoms with van der Waals surface area (Å²) in [5, 5.41) is 4.90. The first-order chi connectivity index (χ1) is 8.93. The van der Waals surface area contributed by atoms with Crippen molar-refractivity contribution in [2.75, 3.05) is 0 Å². The van der Waals surface area contributed by atoms with Crippen molar-refractivity contribution in [2.24, 2.45) is 5.10 Å². The number of para-hydroxylation sites is 1. The molecule has 2 radical (unpaired) electrons. The Kier molecular flexibility index (Phi) is 2.80. The lowest BCUT2D eigenvalue weighted by Gasteiger charge is -1.89. The molecule has 0 aliphatic carbocycles. The first-order valence-corrected chi connectivity index (χ1v) is 5.70. The molecule has 2 heterocycles. The van der Waals surface area contributed by atoms with E-state index in [-0.39, 0.29) is 0 Å². The second-order valence-corrected chi connectivity index (χ2v) is 3.88. The summed E-state index contributed by atoms with van der Waals surface area (Å²) in [5.41, 5.74) is 7.10. The molecule has 0 atom stereocenters. The van der Waals surface area contributed by atoms with Gasteiger partial charge in [-0.15, -0.1) is 0 Å². The van der Waals surface area contributed by atoms with Crippen molar-refractivity contribution in [1.82, 2.24) is 10.4 Å². The molecule has 1 aliphatic rings. The maximum atomic E-state index is 3.87. The number of rotatable bonds is 0. The molecule has 3 aromatic rings. The minimum Gasteiger partial charge on any atom is -0.361 e. The van der Waals surface area contributed by atoms with Crippen LogP contribution in [0.15, 0.2) is 59.8 Å². The molecular formula is C15H11N3. The van der Waals surface area contributed by atoms with Gasteiger partial charge in [0.1, 0.15) is 0 Å². The second-order valence-electron chi connectivity index (χ2n) is 3.88. The first-order valence-electron chi connectivity index (χ1n) is 5.70. The summed E-state index contributed by atoms with van der Waals surface area (Å²) in [6.07, 6.45) is 3.58. The fraction of sp³-hybridized carbons (Fsp3) is 0. The van der Waals surface area contributed by atoms with Crippen LogP contribution in [0.1, 0.15) is 5.56 Å². The highest BCUT2D eigenvalue weighted by atomic mass is 15.3. The fourth-order valence-corrected chi connectivity index (χ4v) is 1.77. The van der Waals surface area contributed by atoms with E-state index in [0.29, 0.717) is 0 Å². The number of fused-ring (bicyclic) bond motifs is 2. The van der Waals surface area contributed by atoms with Gasteiger partial charge in [0, 0.05) is 28.7 Å². The molecule has 3 heteroatoms. The van der Waals surface area contributed by atoms with Crippen molar-refractivity contribution in [3.05, 3.63) is 66.4 Å². The van der Waals surface area contributed by atoms with Gasteiger partial charge in [-0.3, -0.25) is 0 Å². The highest BCUT2D eigenvalue weighted by Crippen LogP contribution is 2.16. The van der Waals surface area contributed by atoms with Gasteiger partial charge in [-0.25, -0.2) is 0 Å². The van der Waals surface area contributed by atoms with Gasteiger partial charge in [0.05, 0.1) is 11.9 Å². The summed E-state index contributed by atoms with van der Waals surface area (Å²) >= 11 is 0. The second kappa shape index (κ2) is 4.75. The highest BCUT2D eigenvalue weighted by molar-refractivity contribution is 5.88. The third kappa shape index (κ3) is 2.11. The number of benzene rings is 2. The van der Waals surface area contributed by atoms with Gasteiger partial charge in [-0.05, 0) is 12.1 Å². The van der Waals surface area contributed by atoms with Crippen molar-refractivity contribution in [3.8, 4) is 0 Å². The Morgan fingerprint density at radius 1 is 0.944 bits per heavy atom. The van der Waals surface area contributed by atoms with Crippen LogP contribution in [0.25, 0.3) is 10.9 Å². The molecule has 3 nitrogen and oxygen atoms in total. The van der Waals surface area contributed by atoms with Gasteiger partial charge >= 0.3 is 0 Å². The SMILES string of the molecule is C1=N[N]c2ccccc21.[c]1c[nH]c2ccccc12. The Hall–Kier alpha value is -2.55. The third-order valence-electron chi connectivity index (χ3n) is 2.68. The Bertz CT molecular complexity index is 653. The molecule has 18 heavy (non-hydrogen) atoms. The van der Waals surface area contributed by atoms with E-state index in [0.717, 1.165) is 22.2 Å². The summed E-state index contributed by atoms with van der Waals surface area (Å²) in [5.74, 6) is 0. The first kappa shape index (κ1) is 10.6. The van der Waals surface area contributed by atoms with Crippen LogP contribution in [0.5, 0.6) is 0 Å². The van der Waals surface area contributed by atoms with E-state index in [1.165, 1.54) is 0 Å². The van der Waals surface area contributed by atoms with E-state index in [1.54, 1.807) is 6.21 Å². The molecule has 0 fully saturated rings. The lowest BCUT2D eigenvalue weighted by Crippen LogP contribution is -1.79. The smallest absolute Gasteiger partial charge is 0.0945 e. The van der Waals surface area contributed by atoms with Crippen LogP contribution in [0, 0.1) is 6.07 Å². The molecule has 0 unspecified atom stereocenters. The molecular weight excluding hydrogens is 222 g/mol. The maximum Gasteiger partial charge on any atom is 0.0945 e. The van der Waals surface area contributed by atoms with E-state index in [4.69, 9.17) is 0 Å². The Balaban J connectivity index is 0.000000111. The summed E-state index contributed by atoms with van der Waals surface area (Å²) < 4.78 is 0. The number of hydrogen-bond donors (Lipinski definition) is 1. The topological polar surface area (TPSA) is 42.2 Å². The van der Waals surface area contributed by atoms with Gasteiger partial charge in [0.25, 0.3) is 0 Å². The zero-order valence-electron chi connectivity index (χ0n) is 9.67. The van der Waals surface area contributed by atoms with E-state index in [1.807, 2.05) is 54.7 Å². The molecule has 0 saturated carbocycles. The van der Waals surface area contributed by atoms with E-state index in [9.17, 15) is 0 Å². The number of nitrogens with zero attached hydrogens (tertiary/aromatic N) is 2. The van der Waals surface area contributed by atoms with Gasteiger partial charge in [0.2, 0.25) is 0 Å². The Morgan fingerprint density at radius 2 is 1.78 bits per heavy atom. The van der Waals surface area contributed by atoms with Crippen molar-refractivity contribution in [2.45, 2.75) is 0 Å². The standard InChI is InChI=1S/C8H6N.C7H5N2/c1-2-4-8-7(3-1)5-6-9-8;1-2-4-7-6(3-1)5-8-9-7/h1-4,6,9H;1-5H. The monoisotopic (exact) mass is 233 g/mol. The predicted octanol–water partition coefficient (Wildman–Crippen LogP) is 3.24. The van der Waals surface area contributed by atoms with Crippen molar-refractivity contribution in [3.63, 3.8) is 0 Å². The molecule has 1 aliphatic heterocycles. The van der Waals surface area contributed by atoms with Crippen molar-refractivity contribution >= 4 is 22.8 Å². The summed E-state index contributed by atoms with van der Waals surface area (Å²) in [6, 6.07) is 19.0. The molecule has 1 N–H and O–H groups in total.